The van der Waals surface area contributed by atoms with Crippen LogP contribution in [-0.4, -0.2) is 54.2 Å². The summed E-state index contributed by atoms with van der Waals surface area (Å²) in [5.41, 5.74) is 3.11. The average Bonchev–Trinajstić information content (AvgIpc) is 3.24. The van der Waals surface area contributed by atoms with Crippen molar-refractivity contribution in [3.63, 3.8) is 0 Å². The van der Waals surface area contributed by atoms with E-state index in [0.29, 0.717) is 30.9 Å². The van der Waals surface area contributed by atoms with Crippen molar-refractivity contribution in [3.8, 4) is 11.5 Å². The highest BCUT2D eigenvalue weighted by atomic mass is 32.3. The number of thioether (sulfide) groups is 1. The van der Waals surface area contributed by atoms with Crippen LogP contribution in [0, 0.1) is 19.3 Å². The molecule has 2 aromatic rings. The lowest BCUT2D eigenvalue weighted by Gasteiger charge is -2.20. The maximum Gasteiger partial charge on any atom is 0.283 e. The Bertz CT molecular complexity index is 1380. The molecule has 0 aromatic heterocycles. The summed E-state index contributed by atoms with van der Waals surface area (Å²) in [6, 6.07) is 13.1. The van der Waals surface area contributed by atoms with Crippen LogP contribution in [0.3, 0.4) is 0 Å². The smallest absolute Gasteiger partial charge is 0.283 e. The quantitative estimate of drug-likeness (QED) is 0.443. The fraction of sp³-hybridized carbons (Fsp3) is 0.250. The molecule has 35 heavy (non-hydrogen) atoms. The normalized spacial score (nSPS) is 16.8. The Morgan fingerprint density at radius 1 is 1.03 bits per heavy atom. The second kappa shape index (κ2) is 10.0. The van der Waals surface area contributed by atoms with Gasteiger partial charge in [-0.3, -0.25) is 10.2 Å². The first-order valence-corrected chi connectivity index (χ1v) is 13.5. The number of sulfone groups is 1. The Morgan fingerprint density at radius 2 is 1.69 bits per heavy atom. The summed E-state index contributed by atoms with van der Waals surface area (Å²) in [6.45, 7) is 5.14. The van der Waals surface area contributed by atoms with Crippen molar-refractivity contribution in [2.45, 2.75) is 20.3 Å². The summed E-state index contributed by atoms with van der Waals surface area (Å²) >= 11 is 0.754. The number of carbonyl (C=O) groups is 1. The van der Waals surface area contributed by atoms with Crippen LogP contribution in [0.5, 0.6) is 11.5 Å². The Morgan fingerprint density at radius 3 is 2.34 bits per heavy atom. The highest BCUT2D eigenvalue weighted by molar-refractivity contribution is 8.42. The van der Waals surface area contributed by atoms with E-state index in [1.807, 2.05) is 18.2 Å². The molecule has 11 heteroatoms. The summed E-state index contributed by atoms with van der Waals surface area (Å²) < 4.78 is 34.8. The van der Waals surface area contributed by atoms with Gasteiger partial charge in [0.15, 0.2) is 5.84 Å². The molecular formula is C24H24N4O5S2. The minimum atomic E-state index is -3.57. The number of benzene rings is 2. The van der Waals surface area contributed by atoms with Crippen LogP contribution in [0.25, 0.3) is 6.08 Å². The predicted molar refractivity (Wildman–Crippen MR) is 138 cm³/mol. The summed E-state index contributed by atoms with van der Waals surface area (Å²) in [5.74, 6) is 0.663. The molecule has 9 nitrogen and oxygen atoms in total. The molecule has 2 aromatic carbocycles. The van der Waals surface area contributed by atoms with Crippen molar-refractivity contribution in [2.24, 2.45) is 10.1 Å². The molecule has 0 radical (unpaired) electrons. The summed E-state index contributed by atoms with van der Waals surface area (Å²) in [6.07, 6.45) is 3.25. The van der Waals surface area contributed by atoms with Crippen LogP contribution in [0.4, 0.5) is 0 Å². The van der Waals surface area contributed by atoms with E-state index in [9.17, 15) is 13.2 Å². The van der Waals surface area contributed by atoms with Gasteiger partial charge in [-0.25, -0.2) is 8.42 Å². The van der Waals surface area contributed by atoms with E-state index in [1.165, 1.54) is 17.2 Å². The third kappa shape index (κ3) is 5.80. The number of ether oxygens (including phenoxy) is 2. The zero-order chi connectivity index (χ0) is 25.2. The lowest BCUT2D eigenvalue weighted by Crippen LogP contribution is -2.35. The largest absolute Gasteiger partial charge is 0.493 e. The van der Waals surface area contributed by atoms with Crippen LogP contribution < -0.4 is 9.47 Å². The van der Waals surface area contributed by atoms with Crippen LogP contribution >= 0.6 is 11.8 Å². The molecule has 2 aliphatic heterocycles. The molecule has 1 amide bonds. The highest BCUT2D eigenvalue weighted by Crippen LogP contribution is 2.30. The molecule has 2 heterocycles. The van der Waals surface area contributed by atoms with E-state index < -0.39 is 15.7 Å². The summed E-state index contributed by atoms with van der Waals surface area (Å²) in [7, 11) is -3.57. The van der Waals surface area contributed by atoms with Crippen molar-refractivity contribution >= 4 is 49.0 Å². The van der Waals surface area contributed by atoms with Gasteiger partial charge in [0, 0.05) is 12.7 Å². The minimum Gasteiger partial charge on any atom is -0.493 e. The second-order valence-electron chi connectivity index (χ2n) is 8.02. The number of carbonyl (C=O) groups excluding carboxylic acids is 1. The molecule has 0 saturated carbocycles. The first-order valence-electron chi connectivity index (χ1n) is 10.7. The number of nitrogens with zero attached hydrogens (tertiary/aromatic N) is 3. The van der Waals surface area contributed by atoms with Crippen LogP contribution in [0.1, 0.15) is 23.1 Å². The number of hydrogen-bond donors (Lipinski definition) is 1. The first kappa shape index (κ1) is 24.7. The molecule has 0 bridgehead atoms. The van der Waals surface area contributed by atoms with Gasteiger partial charge in [-0.15, -0.1) is 5.10 Å². The molecule has 2 aliphatic rings. The van der Waals surface area contributed by atoms with Crippen molar-refractivity contribution < 1.29 is 22.7 Å². The predicted octanol–water partition coefficient (Wildman–Crippen LogP) is 3.77. The molecular weight excluding hydrogens is 488 g/mol. The van der Waals surface area contributed by atoms with E-state index in [1.54, 1.807) is 24.3 Å². The molecule has 0 unspecified atom stereocenters. The third-order valence-corrected chi connectivity index (χ3v) is 7.83. The molecule has 182 valence electrons. The van der Waals surface area contributed by atoms with Gasteiger partial charge < -0.3 is 9.47 Å². The number of nitrogens with one attached hydrogen (secondary N) is 1. The van der Waals surface area contributed by atoms with E-state index in [0.717, 1.165) is 28.8 Å². The molecule has 0 saturated heterocycles. The van der Waals surface area contributed by atoms with Gasteiger partial charge in [0.05, 0.1) is 18.8 Å². The van der Waals surface area contributed by atoms with E-state index >= 15 is 0 Å². The monoisotopic (exact) mass is 512 g/mol. The zero-order valence-corrected chi connectivity index (χ0v) is 21.1. The Balaban J connectivity index is 1.33. The summed E-state index contributed by atoms with van der Waals surface area (Å²) in [4.78, 5) is 16.3. The number of aliphatic imine (C=N–C) groups is 1. The molecule has 0 spiro atoms. The molecule has 0 atom stereocenters. The van der Waals surface area contributed by atoms with Gasteiger partial charge in [-0.05, 0) is 72.6 Å². The van der Waals surface area contributed by atoms with Gasteiger partial charge >= 0.3 is 0 Å². The zero-order valence-electron chi connectivity index (χ0n) is 19.4. The van der Waals surface area contributed by atoms with Crippen LogP contribution in [-0.2, 0) is 14.6 Å². The molecule has 0 aliphatic carbocycles. The minimum absolute atomic E-state index is 0.0185. The maximum absolute atomic E-state index is 12.4. The Labute approximate surface area is 208 Å². The number of aryl methyl sites for hydroxylation is 2. The SMILES string of the molecule is Cc1ccc(OCCCOc2ccc(/C=C3\C(=N)N4N=C(S(C)(=O)=O)SC4=NC3=O)cc2)cc1C. The standard InChI is InChI=1S/C24H24N4O5S2/c1-15-5-8-19(13-16(15)2)33-12-4-11-32-18-9-6-17(7-10-18)14-20-21(25)28-23(26-22(20)29)34-24(27-28)35(3,30)31/h5-10,13-14,25H,4,11-12H2,1-3H3/b20-14+,25-21?. The van der Waals surface area contributed by atoms with Gasteiger partial charge in [-0.2, -0.15) is 10.0 Å². The number of rotatable bonds is 7. The topological polar surface area (TPSA) is 121 Å². The number of amidine groups is 2. The lowest BCUT2D eigenvalue weighted by atomic mass is 10.1. The van der Waals surface area contributed by atoms with E-state index in [4.69, 9.17) is 14.9 Å². The van der Waals surface area contributed by atoms with Crippen LogP contribution in [0.15, 0.2) is 58.1 Å². The number of hydrazone groups is 1. The molecule has 1 N–H and O–H groups in total. The van der Waals surface area contributed by atoms with Crippen molar-refractivity contribution in [1.29, 1.82) is 5.41 Å². The third-order valence-electron chi connectivity index (χ3n) is 5.25. The van der Waals surface area contributed by atoms with Gasteiger partial charge in [0.1, 0.15) is 11.5 Å². The Hall–Kier alpha value is -3.44. The summed E-state index contributed by atoms with van der Waals surface area (Å²) in [5, 5.41) is 13.4. The number of hydrogen-bond acceptors (Lipinski definition) is 8. The number of amides is 1. The van der Waals surface area contributed by atoms with Gasteiger partial charge in [-0.1, -0.05) is 18.2 Å². The molecule has 4 rings (SSSR count). The maximum atomic E-state index is 12.4. The van der Waals surface area contributed by atoms with E-state index in [-0.39, 0.29) is 21.0 Å². The molecule has 0 fully saturated rings. The van der Waals surface area contributed by atoms with Gasteiger partial charge in [0.2, 0.25) is 19.4 Å². The fourth-order valence-electron chi connectivity index (χ4n) is 3.19. The highest BCUT2D eigenvalue weighted by Gasteiger charge is 2.38. The first-order chi connectivity index (χ1) is 16.6. The average molecular weight is 513 g/mol. The number of fused-ring (bicyclic) bond motifs is 1. The van der Waals surface area contributed by atoms with Gasteiger partial charge in [0.25, 0.3) is 5.91 Å². The van der Waals surface area contributed by atoms with E-state index in [2.05, 4.69) is 23.9 Å². The Kier molecular flexibility index (Phi) is 7.08. The van der Waals surface area contributed by atoms with Crippen molar-refractivity contribution in [2.75, 3.05) is 19.5 Å². The van der Waals surface area contributed by atoms with Crippen molar-refractivity contribution in [3.05, 3.63) is 64.7 Å². The fourth-order valence-corrected chi connectivity index (χ4v) is 4.88. The lowest BCUT2D eigenvalue weighted by molar-refractivity contribution is -0.114. The van der Waals surface area contributed by atoms with Crippen molar-refractivity contribution in [1.82, 2.24) is 5.01 Å². The van der Waals surface area contributed by atoms with Crippen LogP contribution in [0.2, 0.25) is 0 Å². The second-order valence-corrected chi connectivity index (χ2v) is 11.2.